The van der Waals surface area contributed by atoms with Gasteiger partial charge in [0.05, 0.1) is 13.5 Å². The van der Waals surface area contributed by atoms with Crippen LogP contribution in [0.5, 0.6) is 0 Å². The van der Waals surface area contributed by atoms with Gasteiger partial charge in [0, 0.05) is 5.57 Å². The van der Waals surface area contributed by atoms with E-state index in [1.54, 1.807) is 5.94 Å². The molecular weight excluding hydrogens is 144 g/mol. The predicted octanol–water partition coefficient (Wildman–Crippen LogP) is 0.963. The fourth-order valence-corrected chi connectivity index (χ4v) is 0.586. The van der Waals surface area contributed by atoms with Crippen molar-refractivity contribution in [1.29, 1.82) is 0 Å². The molecule has 0 amide bonds. The van der Waals surface area contributed by atoms with Gasteiger partial charge in [-0.3, -0.25) is 4.79 Å². The van der Waals surface area contributed by atoms with Gasteiger partial charge in [-0.1, -0.05) is 13.8 Å². The zero-order valence-electron chi connectivity index (χ0n) is 7.01. The SMILES string of the molecule is COC(=O)CC(=C=O)C(C)C. The number of hydrogen-bond donors (Lipinski definition) is 0. The number of hydrogen-bond acceptors (Lipinski definition) is 3. The van der Waals surface area contributed by atoms with Crippen LogP contribution in [-0.2, 0) is 14.3 Å². The van der Waals surface area contributed by atoms with Gasteiger partial charge in [-0.15, -0.1) is 0 Å². The standard InChI is InChI=1S/C8H12O3/c1-6(2)7(5-9)4-8(10)11-3/h6H,4H2,1-3H3. The Balaban J connectivity index is 4.12. The number of rotatable bonds is 3. The molecule has 0 aromatic heterocycles. The van der Waals surface area contributed by atoms with Crippen molar-refractivity contribution in [2.45, 2.75) is 20.3 Å². The van der Waals surface area contributed by atoms with Crippen LogP contribution in [0, 0.1) is 5.92 Å². The van der Waals surface area contributed by atoms with Crippen molar-refractivity contribution in [1.82, 2.24) is 0 Å². The molecule has 3 nitrogen and oxygen atoms in total. The molecule has 0 aliphatic carbocycles. The molecule has 0 aromatic rings. The van der Waals surface area contributed by atoms with Gasteiger partial charge in [0.25, 0.3) is 0 Å². The van der Waals surface area contributed by atoms with Gasteiger partial charge in [-0.2, -0.15) is 0 Å². The van der Waals surface area contributed by atoms with Crippen LogP contribution in [-0.4, -0.2) is 19.0 Å². The van der Waals surface area contributed by atoms with Crippen molar-refractivity contribution in [2.75, 3.05) is 7.11 Å². The van der Waals surface area contributed by atoms with E-state index in [0.717, 1.165) is 0 Å². The third kappa shape index (κ3) is 3.58. The Kier molecular flexibility index (Phi) is 4.23. The van der Waals surface area contributed by atoms with Gasteiger partial charge in [0.1, 0.15) is 5.94 Å². The van der Waals surface area contributed by atoms with Crippen LogP contribution in [0.4, 0.5) is 0 Å². The fourth-order valence-electron chi connectivity index (χ4n) is 0.586. The minimum absolute atomic E-state index is 0.0532. The van der Waals surface area contributed by atoms with Gasteiger partial charge in [0.2, 0.25) is 0 Å². The summed E-state index contributed by atoms with van der Waals surface area (Å²) in [4.78, 5) is 20.9. The molecule has 0 heterocycles. The Morgan fingerprint density at radius 3 is 2.36 bits per heavy atom. The molecule has 0 atom stereocenters. The van der Waals surface area contributed by atoms with Crippen LogP contribution in [0.1, 0.15) is 20.3 Å². The summed E-state index contributed by atoms with van der Waals surface area (Å²) in [7, 11) is 1.30. The molecule has 0 fully saturated rings. The number of carbonyl (C=O) groups excluding carboxylic acids is 2. The first-order valence-corrected chi connectivity index (χ1v) is 3.42. The predicted molar refractivity (Wildman–Crippen MR) is 40.7 cm³/mol. The van der Waals surface area contributed by atoms with Gasteiger partial charge in [-0.25, -0.2) is 4.79 Å². The van der Waals surface area contributed by atoms with E-state index in [2.05, 4.69) is 4.74 Å². The molecule has 0 aromatic carbocycles. The van der Waals surface area contributed by atoms with Crippen LogP contribution in [0.3, 0.4) is 0 Å². The molecule has 11 heavy (non-hydrogen) atoms. The van der Waals surface area contributed by atoms with E-state index in [0.29, 0.717) is 5.57 Å². The average Bonchev–Trinajstić information content (AvgIpc) is 1.99. The molecule has 62 valence electrons. The van der Waals surface area contributed by atoms with Crippen molar-refractivity contribution >= 4 is 11.9 Å². The number of esters is 1. The van der Waals surface area contributed by atoms with E-state index in [4.69, 9.17) is 0 Å². The highest BCUT2D eigenvalue weighted by molar-refractivity contribution is 5.76. The smallest absolute Gasteiger partial charge is 0.310 e. The highest BCUT2D eigenvalue weighted by Gasteiger charge is 2.09. The lowest BCUT2D eigenvalue weighted by molar-refractivity contribution is -0.139. The maximum absolute atomic E-state index is 10.7. The number of methoxy groups -OCH3 is 1. The van der Waals surface area contributed by atoms with Gasteiger partial charge in [0.15, 0.2) is 0 Å². The van der Waals surface area contributed by atoms with Crippen molar-refractivity contribution in [3.05, 3.63) is 5.57 Å². The minimum Gasteiger partial charge on any atom is -0.469 e. The second kappa shape index (κ2) is 4.69. The van der Waals surface area contributed by atoms with E-state index >= 15 is 0 Å². The lowest BCUT2D eigenvalue weighted by Crippen LogP contribution is -2.06. The molecule has 0 spiro atoms. The first-order valence-electron chi connectivity index (χ1n) is 3.42. The van der Waals surface area contributed by atoms with Crippen LogP contribution in [0.25, 0.3) is 0 Å². The second-order valence-corrected chi connectivity index (χ2v) is 2.53. The molecule has 0 N–H and O–H groups in total. The maximum Gasteiger partial charge on any atom is 0.310 e. The third-order valence-corrected chi connectivity index (χ3v) is 1.39. The molecule has 0 saturated heterocycles. The molecule has 0 rings (SSSR count). The highest BCUT2D eigenvalue weighted by atomic mass is 16.5. The van der Waals surface area contributed by atoms with E-state index in [9.17, 15) is 9.59 Å². The van der Waals surface area contributed by atoms with Crippen LogP contribution >= 0.6 is 0 Å². The first kappa shape index (κ1) is 9.92. The highest BCUT2D eigenvalue weighted by Crippen LogP contribution is 2.10. The minimum atomic E-state index is -0.392. The van der Waals surface area contributed by atoms with Crippen LogP contribution in [0.15, 0.2) is 5.57 Å². The number of carbonyl (C=O) groups is 1. The van der Waals surface area contributed by atoms with E-state index in [1.165, 1.54) is 7.11 Å². The van der Waals surface area contributed by atoms with Gasteiger partial charge >= 0.3 is 5.97 Å². The first-order chi connectivity index (χ1) is 5.11. The summed E-state index contributed by atoms with van der Waals surface area (Å²) in [5.74, 6) is 1.40. The largest absolute Gasteiger partial charge is 0.469 e. The lowest BCUT2D eigenvalue weighted by Gasteiger charge is -2.03. The molecule has 0 unspecified atom stereocenters. The van der Waals surface area contributed by atoms with Crippen molar-refractivity contribution in [3.63, 3.8) is 0 Å². The second-order valence-electron chi connectivity index (χ2n) is 2.53. The average molecular weight is 156 g/mol. The van der Waals surface area contributed by atoms with Gasteiger partial charge in [-0.05, 0) is 5.92 Å². The fraction of sp³-hybridized carbons (Fsp3) is 0.625. The summed E-state index contributed by atoms with van der Waals surface area (Å²) >= 11 is 0. The summed E-state index contributed by atoms with van der Waals surface area (Å²) in [5, 5.41) is 0. The van der Waals surface area contributed by atoms with Crippen LogP contribution in [0.2, 0.25) is 0 Å². The summed E-state index contributed by atoms with van der Waals surface area (Å²) in [6, 6.07) is 0. The van der Waals surface area contributed by atoms with Crippen molar-refractivity contribution in [3.8, 4) is 0 Å². The molecule has 0 aliphatic heterocycles. The summed E-state index contributed by atoms with van der Waals surface area (Å²) in [6.45, 7) is 3.67. The Morgan fingerprint density at radius 1 is 1.55 bits per heavy atom. The Morgan fingerprint density at radius 2 is 2.09 bits per heavy atom. The quantitative estimate of drug-likeness (QED) is 0.451. The summed E-state index contributed by atoms with van der Waals surface area (Å²) in [6.07, 6.45) is 0.0532. The Bertz CT molecular complexity index is 188. The Labute approximate surface area is 66.0 Å². The lowest BCUT2D eigenvalue weighted by atomic mass is 10.0. The van der Waals surface area contributed by atoms with Crippen molar-refractivity contribution in [2.24, 2.45) is 5.92 Å². The van der Waals surface area contributed by atoms with Gasteiger partial charge < -0.3 is 4.74 Å². The zero-order valence-corrected chi connectivity index (χ0v) is 7.01. The molecule has 0 radical (unpaired) electrons. The molecule has 0 saturated carbocycles. The third-order valence-electron chi connectivity index (χ3n) is 1.39. The summed E-state index contributed by atoms with van der Waals surface area (Å²) in [5.41, 5.74) is 0.455. The maximum atomic E-state index is 10.7. The molecular formula is C8H12O3. The zero-order chi connectivity index (χ0) is 8.85. The van der Waals surface area contributed by atoms with E-state index in [-0.39, 0.29) is 12.3 Å². The molecule has 0 bridgehead atoms. The topological polar surface area (TPSA) is 43.4 Å². The van der Waals surface area contributed by atoms with Crippen LogP contribution < -0.4 is 0 Å². The van der Waals surface area contributed by atoms with E-state index in [1.807, 2.05) is 13.8 Å². The number of ether oxygens (including phenoxy) is 1. The summed E-state index contributed by atoms with van der Waals surface area (Å²) < 4.78 is 4.39. The van der Waals surface area contributed by atoms with E-state index < -0.39 is 5.97 Å². The van der Waals surface area contributed by atoms with Crippen molar-refractivity contribution < 1.29 is 14.3 Å². The normalized spacial score (nSPS) is 9.09. The molecule has 3 heteroatoms. The Hall–Kier alpha value is -1.08. The monoisotopic (exact) mass is 156 g/mol. The molecule has 0 aliphatic rings.